The first-order valence-corrected chi connectivity index (χ1v) is 8.26. The molecule has 0 spiro atoms. The van der Waals surface area contributed by atoms with Crippen LogP contribution in [0.2, 0.25) is 0 Å². The molecule has 2 N–H and O–H groups in total. The molecule has 0 unspecified atom stereocenters. The van der Waals surface area contributed by atoms with Crippen molar-refractivity contribution in [3.05, 3.63) is 29.3 Å². The topological polar surface area (TPSA) is 70.6 Å². The number of anilines is 1. The minimum absolute atomic E-state index is 0.143. The van der Waals surface area contributed by atoms with E-state index in [4.69, 9.17) is 0 Å². The number of benzene rings is 1. The van der Waals surface area contributed by atoms with Crippen LogP contribution in [-0.4, -0.2) is 28.8 Å². The minimum atomic E-state index is -0.402. The van der Waals surface area contributed by atoms with Gasteiger partial charge in [0.05, 0.1) is 0 Å². The standard InChI is InChI=1S/C16H21N3O2S/c1-4-7-17-16-19-15(21)13(22-16)9-14(20)18-12-8-10(2)5-6-11(12)3/h5-6,8,13H,4,7,9H2,1-3H3,(H,18,20)(H,17,19,21)/t13-/m1/s1. The van der Waals surface area contributed by atoms with Crippen molar-refractivity contribution in [1.82, 2.24) is 5.32 Å². The molecule has 1 aromatic rings. The van der Waals surface area contributed by atoms with Crippen LogP contribution in [0, 0.1) is 13.8 Å². The van der Waals surface area contributed by atoms with Crippen molar-refractivity contribution in [3.63, 3.8) is 0 Å². The zero-order valence-corrected chi connectivity index (χ0v) is 13.9. The molecule has 6 heteroatoms. The van der Waals surface area contributed by atoms with Gasteiger partial charge in [0.25, 0.3) is 0 Å². The Hall–Kier alpha value is -1.82. The Balaban J connectivity index is 1.95. The second kappa shape index (κ2) is 7.45. The zero-order valence-electron chi connectivity index (χ0n) is 13.1. The molecule has 118 valence electrons. The maximum absolute atomic E-state index is 12.2. The number of nitrogens with zero attached hydrogens (tertiary/aromatic N) is 1. The van der Waals surface area contributed by atoms with Gasteiger partial charge in [-0.15, -0.1) is 0 Å². The van der Waals surface area contributed by atoms with Crippen LogP contribution in [0.4, 0.5) is 5.69 Å². The lowest BCUT2D eigenvalue weighted by molar-refractivity contribution is -0.122. The van der Waals surface area contributed by atoms with Gasteiger partial charge in [0.15, 0.2) is 5.17 Å². The van der Waals surface area contributed by atoms with E-state index in [1.165, 1.54) is 11.8 Å². The molecule has 1 fully saturated rings. The summed E-state index contributed by atoms with van der Waals surface area (Å²) < 4.78 is 0. The molecule has 1 saturated heterocycles. The largest absolute Gasteiger partial charge is 0.326 e. The number of amidine groups is 1. The molecule has 22 heavy (non-hydrogen) atoms. The predicted octanol–water partition coefficient (Wildman–Crippen LogP) is 2.63. The van der Waals surface area contributed by atoms with Crippen LogP contribution in [-0.2, 0) is 9.59 Å². The smallest absolute Gasteiger partial charge is 0.240 e. The first-order valence-electron chi connectivity index (χ1n) is 7.38. The highest BCUT2D eigenvalue weighted by Crippen LogP contribution is 2.24. The molecule has 0 bridgehead atoms. The highest BCUT2D eigenvalue weighted by molar-refractivity contribution is 8.15. The number of carbonyl (C=O) groups excluding carboxylic acids is 2. The third-order valence-electron chi connectivity index (χ3n) is 3.29. The lowest BCUT2D eigenvalue weighted by atomic mass is 10.1. The van der Waals surface area contributed by atoms with Crippen molar-refractivity contribution >= 4 is 34.4 Å². The van der Waals surface area contributed by atoms with Gasteiger partial charge >= 0.3 is 0 Å². The molecule has 0 saturated carbocycles. The summed E-state index contributed by atoms with van der Waals surface area (Å²) in [6, 6.07) is 5.91. The van der Waals surface area contributed by atoms with E-state index < -0.39 is 5.25 Å². The number of aliphatic imine (C=N–C) groups is 1. The average Bonchev–Trinajstić information content (AvgIpc) is 2.81. The SMILES string of the molecule is CCCN=C1NC(=O)[C@@H](CC(=O)Nc2cc(C)ccc2C)S1. The Labute approximate surface area is 135 Å². The van der Waals surface area contributed by atoms with Gasteiger partial charge in [-0.2, -0.15) is 0 Å². The Morgan fingerprint density at radius 1 is 1.41 bits per heavy atom. The van der Waals surface area contributed by atoms with Crippen molar-refractivity contribution in [3.8, 4) is 0 Å². The number of nitrogens with one attached hydrogen (secondary N) is 2. The quantitative estimate of drug-likeness (QED) is 0.876. The second-order valence-electron chi connectivity index (χ2n) is 5.35. The van der Waals surface area contributed by atoms with Crippen LogP contribution in [0.25, 0.3) is 0 Å². The fraction of sp³-hybridized carbons (Fsp3) is 0.438. The van der Waals surface area contributed by atoms with Crippen LogP contribution < -0.4 is 10.6 Å². The molecule has 0 aliphatic carbocycles. The fourth-order valence-corrected chi connectivity index (χ4v) is 3.06. The van der Waals surface area contributed by atoms with E-state index in [9.17, 15) is 9.59 Å². The second-order valence-corrected chi connectivity index (χ2v) is 6.54. The van der Waals surface area contributed by atoms with Gasteiger partial charge in [0.1, 0.15) is 5.25 Å². The molecule has 1 atom stereocenters. The van der Waals surface area contributed by atoms with Gasteiger partial charge in [-0.1, -0.05) is 30.8 Å². The van der Waals surface area contributed by atoms with Crippen molar-refractivity contribution in [2.45, 2.75) is 38.9 Å². The van der Waals surface area contributed by atoms with Gasteiger partial charge in [-0.3, -0.25) is 14.6 Å². The normalized spacial score (nSPS) is 19.3. The maximum atomic E-state index is 12.2. The zero-order chi connectivity index (χ0) is 16.1. The number of carbonyl (C=O) groups is 2. The van der Waals surface area contributed by atoms with E-state index in [2.05, 4.69) is 15.6 Å². The number of thioether (sulfide) groups is 1. The Kier molecular flexibility index (Phi) is 5.60. The van der Waals surface area contributed by atoms with E-state index in [1.54, 1.807) is 0 Å². The Morgan fingerprint density at radius 3 is 2.91 bits per heavy atom. The van der Waals surface area contributed by atoms with E-state index >= 15 is 0 Å². The number of hydrogen-bond donors (Lipinski definition) is 2. The lowest BCUT2D eigenvalue weighted by Gasteiger charge is -2.10. The molecule has 1 aliphatic heterocycles. The first-order chi connectivity index (χ1) is 10.5. The van der Waals surface area contributed by atoms with Gasteiger partial charge in [0, 0.05) is 18.7 Å². The number of amides is 2. The summed E-state index contributed by atoms with van der Waals surface area (Å²) in [6.45, 7) is 6.64. The van der Waals surface area contributed by atoms with Crippen molar-refractivity contribution in [1.29, 1.82) is 0 Å². The van der Waals surface area contributed by atoms with Crippen LogP contribution in [0.15, 0.2) is 23.2 Å². The van der Waals surface area contributed by atoms with Gasteiger partial charge in [-0.05, 0) is 37.5 Å². The summed E-state index contributed by atoms with van der Waals surface area (Å²) in [5.41, 5.74) is 2.89. The third-order valence-corrected chi connectivity index (χ3v) is 4.41. The van der Waals surface area contributed by atoms with Crippen LogP contribution in [0.5, 0.6) is 0 Å². The lowest BCUT2D eigenvalue weighted by Crippen LogP contribution is -2.28. The molecule has 2 amide bonds. The Bertz CT molecular complexity index is 613. The van der Waals surface area contributed by atoms with Gasteiger partial charge in [0.2, 0.25) is 11.8 Å². The van der Waals surface area contributed by atoms with Crippen LogP contribution >= 0.6 is 11.8 Å². The third kappa shape index (κ3) is 4.34. The molecule has 5 nitrogen and oxygen atoms in total. The molecular weight excluding hydrogens is 298 g/mol. The molecule has 0 radical (unpaired) electrons. The maximum Gasteiger partial charge on any atom is 0.240 e. The van der Waals surface area contributed by atoms with Gasteiger partial charge < -0.3 is 10.6 Å². The van der Waals surface area contributed by atoms with Crippen molar-refractivity contribution in [2.24, 2.45) is 4.99 Å². The minimum Gasteiger partial charge on any atom is -0.326 e. The highest BCUT2D eigenvalue weighted by atomic mass is 32.2. The van der Waals surface area contributed by atoms with E-state index in [1.807, 2.05) is 39.0 Å². The Morgan fingerprint density at radius 2 is 2.18 bits per heavy atom. The predicted molar refractivity (Wildman–Crippen MR) is 91.3 cm³/mol. The number of aryl methyl sites for hydroxylation is 2. The summed E-state index contributed by atoms with van der Waals surface area (Å²) in [6.07, 6.45) is 1.08. The molecule has 2 rings (SSSR count). The summed E-state index contributed by atoms with van der Waals surface area (Å²) in [5, 5.41) is 5.83. The summed E-state index contributed by atoms with van der Waals surface area (Å²) >= 11 is 1.33. The summed E-state index contributed by atoms with van der Waals surface area (Å²) in [7, 11) is 0. The van der Waals surface area contributed by atoms with Gasteiger partial charge in [-0.25, -0.2) is 0 Å². The summed E-state index contributed by atoms with van der Waals surface area (Å²) in [5.74, 6) is -0.297. The van der Waals surface area contributed by atoms with E-state index in [0.717, 1.165) is 23.2 Å². The average molecular weight is 319 g/mol. The first kappa shape index (κ1) is 16.5. The van der Waals surface area contributed by atoms with Crippen molar-refractivity contribution < 1.29 is 9.59 Å². The highest BCUT2D eigenvalue weighted by Gasteiger charge is 2.31. The number of hydrogen-bond acceptors (Lipinski definition) is 4. The molecule has 1 aliphatic rings. The van der Waals surface area contributed by atoms with Crippen LogP contribution in [0.1, 0.15) is 30.9 Å². The van der Waals surface area contributed by atoms with Crippen molar-refractivity contribution in [2.75, 3.05) is 11.9 Å². The fourth-order valence-electron chi connectivity index (χ4n) is 2.07. The summed E-state index contributed by atoms with van der Waals surface area (Å²) in [4.78, 5) is 28.3. The molecular formula is C16H21N3O2S. The van der Waals surface area contributed by atoms with E-state index in [0.29, 0.717) is 11.7 Å². The monoisotopic (exact) mass is 319 g/mol. The number of rotatable bonds is 5. The molecule has 1 heterocycles. The molecule has 1 aromatic carbocycles. The van der Waals surface area contributed by atoms with E-state index in [-0.39, 0.29) is 18.2 Å². The van der Waals surface area contributed by atoms with Crippen LogP contribution in [0.3, 0.4) is 0 Å². The molecule has 0 aromatic heterocycles.